The average Bonchev–Trinajstić information content (AvgIpc) is 2.29. The molecule has 0 spiro atoms. The van der Waals surface area contributed by atoms with E-state index in [4.69, 9.17) is 17.4 Å². The predicted molar refractivity (Wildman–Crippen MR) is 75.1 cm³/mol. The van der Waals surface area contributed by atoms with Crippen molar-refractivity contribution in [2.24, 2.45) is 5.84 Å². The molecule has 0 fully saturated rings. The molecule has 0 aliphatic rings. The van der Waals surface area contributed by atoms with Crippen LogP contribution in [0.25, 0.3) is 0 Å². The van der Waals surface area contributed by atoms with Gasteiger partial charge in [-0.15, -0.1) is 0 Å². The third-order valence-electron chi connectivity index (χ3n) is 3.45. The Morgan fingerprint density at radius 2 is 2.05 bits per heavy atom. The van der Waals surface area contributed by atoms with Crippen LogP contribution in [0.4, 0.5) is 4.39 Å². The van der Waals surface area contributed by atoms with Crippen molar-refractivity contribution in [1.82, 2.24) is 5.43 Å². The lowest BCUT2D eigenvalue weighted by atomic mass is 9.96. The first-order chi connectivity index (χ1) is 8.61. The van der Waals surface area contributed by atoms with E-state index < -0.39 is 26.4 Å². The van der Waals surface area contributed by atoms with Crippen LogP contribution in [0.5, 0.6) is 0 Å². The molecule has 0 aliphatic carbocycles. The Labute approximate surface area is 118 Å². The molecule has 0 amide bonds. The molecule has 0 aromatic heterocycles. The van der Waals surface area contributed by atoms with Crippen molar-refractivity contribution < 1.29 is 12.8 Å². The van der Waals surface area contributed by atoms with Crippen molar-refractivity contribution in [3.8, 4) is 0 Å². The van der Waals surface area contributed by atoms with E-state index >= 15 is 0 Å². The van der Waals surface area contributed by atoms with E-state index in [1.165, 1.54) is 6.07 Å². The molecule has 1 rings (SSSR count). The summed E-state index contributed by atoms with van der Waals surface area (Å²) in [6, 6.07) is 3.98. The second-order valence-corrected chi connectivity index (χ2v) is 8.02. The van der Waals surface area contributed by atoms with Gasteiger partial charge in [-0.2, -0.15) is 0 Å². The fourth-order valence-corrected chi connectivity index (χ4v) is 2.55. The van der Waals surface area contributed by atoms with Gasteiger partial charge in [-0.3, -0.25) is 11.3 Å². The van der Waals surface area contributed by atoms with Crippen LogP contribution in [0.2, 0.25) is 5.02 Å². The third-order valence-corrected chi connectivity index (χ3v) is 5.94. The lowest BCUT2D eigenvalue weighted by Crippen LogP contribution is -2.55. The van der Waals surface area contributed by atoms with E-state index in [0.717, 1.165) is 6.26 Å². The highest BCUT2D eigenvalue weighted by Crippen LogP contribution is 2.25. The Hall–Kier alpha value is -0.690. The van der Waals surface area contributed by atoms with Crippen molar-refractivity contribution in [2.75, 3.05) is 6.26 Å². The monoisotopic (exact) mass is 308 g/mol. The van der Waals surface area contributed by atoms with Gasteiger partial charge in [0.15, 0.2) is 9.84 Å². The SMILES string of the molecule is CC(C)(C(Cc1cccc(Cl)c1F)NN)S(C)(=O)=O. The van der Waals surface area contributed by atoms with Crippen LogP contribution in [0, 0.1) is 5.82 Å². The number of halogens is 2. The maximum atomic E-state index is 13.8. The summed E-state index contributed by atoms with van der Waals surface area (Å²) in [6.45, 7) is 3.10. The Morgan fingerprint density at radius 1 is 1.47 bits per heavy atom. The minimum atomic E-state index is -3.35. The molecule has 1 unspecified atom stereocenters. The number of hydrazine groups is 1. The van der Waals surface area contributed by atoms with Gasteiger partial charge < -0.3 is 0 Å². The molecular weight excluding hydrogens is 291 g/mol. The molecule has 19 heavy (non-hydrogen) atoms. The normalized spacial score (nSPS) is 14.4. The summed E-state index contributed by atoms with van der Waals surface area (Å²) < 4.78 is 36.3. The van der Waals surface area contributed by atoms with Crippen LogP contribution in [0.15, 0.2) is 18.2 Å². The molecule has 4 nitrogen and oxygen atoms in total. The number of sulfone groups is 1. The number of nitrogens with one attached hydrogen (secondary N) is 1. The van der Waals surface area contributed by atoms with Gasteiger partial charge in [0.2, 0.25) is 0 Å². The highest BCUT2D eigenvalue weighted by molar-refractivity contribution is 7.92. The van der Waals surface area contributed by atoms with E-state index in [1.807, 2.05) is 0 Å². The van der Waals surface area contributed by atoms with Crippen molar-refractivity contribution in [1.29, 1.82) is 0 Å². The topological polar surface area (TPSA) is 72.2 Å². The summed E-state index contributed by atoms with van der Waals surface area (Å²) in [5, 5.41) is 0.00503. The van der Waals surface area contributed by atoms with Crippen LogP contribution >= 0.6 is 11.6 Å². The molecular formula is C12H18ClFN2O2S. The molecule has 1 aromatic carbocycles. The minimum Gasteiger partial charge on any atom is -0.271 e. The lowest BCUT2D eigenvalue weighted by Gasteiger charge is -2.32. The highest BCUT2D eigenvalue weighted by Gasteiger charge is 2.38. The number of nitrogens with two attached hydrogens (primary N) is 1. The van der Waals surface area contributed by atoms with Gasteiger partial charge in [-0.25, -0.2) is 12.8 Å². The number of hydrogen-bond acceptors (Lipinski definition) is 4. The fraction of sp³-hybridized carbons (Fsp3) is 0.500. The van der Waals surface area contributed by atoms with Crippen molar-refractivity contribution in [3.63, 3.8) is 0 Å². The molecule has 0 heterocycles. The Bertz CT molecular complexity index is 561. The van der Waals surface area contributed by atoms with Gasteiger partial charge in [-0.1, -0.05) is 23.7 Å². The van der Waals surface area contributed by atoms with Gasteiger partial charge >= 0.3 is 0 Å². The van der Waals surface area contributed by atoms with Crippen LogP contribution in [-0.2, 0) is 16.3 Å². The zero-order valence-corrected chi connectivity index (χ0v) is 12.6. The van der Waals surface area contributed by atoms with Crippen molar-refractivity contribution in [2.45, 2.75) is 31.1 Å². The van der Waals surface area contributed by atoms with Crippen LogP contribution in [0.1, 0.15) is 19.4 Å². The van der Waals surface area contributed by atoms with Gasteiger partial charge in [0.25, 0.3) is 0 Å². The summed E-state index contributed by atoms with van der Waals surface area (Å²) >= 11 is 5.70. The molecule has 0 saturated heterocycles. The van der Waals surface area contributed by atoms with E-state index in [1.54, 1.807) is 26.0 Å². The number of benzene rings is 1. The molecule has 1 atom stereocenters. The van der Waals surface area contributed by atoms with Crippen molar-refractivity contribution in [3.05, 3.63) is 34.6 Å². The number of rotatable bonds is 5. The standard InChI is InChI=1S/C12H18ClFN2O2S/c1-12(2,19(3,17)18)10(16-15)7-8-5-4-6-9(13)11(8)14/h4-6,10,16H,7,15H2,1-3H3. The van der Waals surface area contributed by atoms with E-state index in [0.29, 0.717) is 5.56 Å². The fourth-order valence-electron chi connectivity index (χ4n) is 1.69. The first-order valence-corrected chi connectivity index (χ1v) is 7.96. The van der Waals surface area contributed by atoms with E-state index in [-0.39, 0.29) is 11.4 Å². The summed E-state index contributed by atoms with van der Waals surface area (Å²) in [4.78, 5) is 0. The number of hydrogen-bond donors (Lipinski definition) is 2. The molecule has 0 radical (unpaired) electrons. The summed E-state index contributed by atoms with van der Waals surface area (Å²) in [5.74, 6) is 4.87. The van der Waals surface area contributed by atoms with Gasteiger partial charge in [0.1, 0.15) is 5.82 Å². The molecule has 0 saturated carbocycles. The van der Waals surface area contributed by atoms with Gasteiger partial charge in [0.05, 0.1) is 9.77 Å². The molecule has 108 valence electrons. The van der Waals surface area contributed by atoms with Crippen molar-refractivity contribution >= 4 is 21.4 Å². The summed E-state index contributed by atoms with van der Waals surface area (Å²) in [7, 11) is -3.35. The minimum absolute atomic E-state index is 0.00503. The molecule has 0 bridgehead atoms. The highest BCUT2D eigenvalue weighted by atomic mass is 35.5. The first kappa shape index (κ1) is 16.4. The largest absolute Gasteiger partial charge is 0.271 e. The molecule has 3 N–H and O–H groups in total. The van der Waals surface area contributed by atoms with Gasteiger partial charge in [0, 0.05) is 12.3 Å². The summed E-state index contributed by atoms with van der Waals surface area (Å²) in [6.07, 6.45) is 1.26. The lowest BCUT2D eigenvalue weighted by molar-refractivity contribution is 0.408. The Kier molecular flexibility index (Phi) is 4.95. The van der Waals surface area contributed by atoms with Crippen LogP contribution < -0.4 is 11.3 Å². The van der Waals surface area contributed by atoms with Crippen LogP contribution in [0.3, 0.4) is 0 Å². The molecule has 7 heteroatoms. The Morgan fingerprint density at radius 3 is 2.53 bits per heavy atom. The van der Waals surface area contributed by atoms with E-state index in [9.17, 15) is 12.8 Å². The van der Waals surface area contributed by atoms with Gasteiger partial charge in [-0.05, 0) is 31.9 Å². The van der Waals surface area contributed by atoms with Crippen LogP contribution in [-0.4, -0.2) is 25.5 Å². The zero-order chi connectivity index (χ0) is 14.8. The third kappa shape index (κ3) is 3.45. The molecule has 0 aliphatic heterocycles. The summed E-state index contributed by atoms with van der Waals surface area (Å²) in [5.41, 5.74) is 2.78. The van der Waals surface area contributed by atoms with E-state index in [2.05, 4.69) is 5.43 Å². The second-order valence-electron chi connectivity index (χ2n) is 5.01. The Balaban J connectivity index is 3.11. The average molecular weight is 309 g/mol. The maximum absolute atomic E-state index is 13.8. The molecule has 1 aromatic rings. The zero-order valence-electron chi connectivity index (χ0n) is 11.1. The first-order valence-electron chi connectivity index (χ1n) is 5.70. The predicted octanol–water partition coefficient (Wildman–Crippen LogP) is 1.68. The quantitative estimate of drug-likeness (QED) is 0.641. The smallest absolute Gasteiger partial charge is 0.154 e. The second kappa shape index (κ2) is 5.75. The maximum Gasteiger partial charge on any atom is 0.154 e.